The van der Waals surface area contributed by atoms with Gasteiger partial charge < -0.3 is 24.8 Å². The molecule has 0 aromatic carbocycles. The third kappa shape index (κ3) is 11.5. The summed E-state index contributed by atoms with van der Waals surface area (Å²) in [6, 6.07) is 1.25. The Hall–Kier alpha value is 1.21. The van der Waals surface area contributed by atoms with E-state index in [1.807, 2.05) is 0 Å². The molecule has 0 saturated carbocycles. The third-order valence-corrected chi connectivity index (χ3v) is 4.34. The molecule has 92 valence electrons. The zero-order valence-electron chi connectivity index (χ0n) is 10.4. The Morgan fingerprint density at radius 2 is 1.53 bits per heavy atom. The van der Waals surface area contributed by atoms with Crippen LogP contribution in [0.4, 0.5) is 0 Å². The van der Waals surface area contributed by atoms with Crippen molar-refractivity contribution >= 4 is 0 Å². The van der Waals surface area contributed by atoms with E-state index in [9.17, 15) is 0 Å². The first-order chi connectivity index (χ1) is 6.09. The van der Waals surface area contributed by atoms with Gasteiger partial charge in [0.05, 0.1) is 0 Å². The van der Waals surface area contributed by atoms with Crippen molar-refractivity contribution < 1.29 is 47.9 Å². The van der Waals surface area contributed by atoms with Crippen molar-refractivity contribution in [2.75, 3.05) is 6.61 Å². The van der Waals surface area contributed by atoms with Gasteiger partial charge >= 0.3 is 92.6 Å². The Kier molecular flexibility index (Phi) is 19.0. The van der Waals surface area contributed by atoms with Gasteiger partial charge in [-0.15, -0.1) is 0 Å². The molecule has 0 aromatic rings. The van der Waals surface area contributed by atoms with Crippen molar-refractivity contribution in [3.63, 3.8) is 0 Å². The number of hydrogen-bond donors (Lipinski definition) is 0. The van der Waals surface area contributed by atoms with Gasteiger partial charge in [0.25, 0.3) is 0 Å². The molecule has 0 atom stereocenters. The van der Waals surface area contributed by atoms with E-state index < -0.39 is 0 Å². The summed E-state index contributed by atoms with van der Waals surface area (Å²) in [4.78, 5) is 0. The third-order valence-electron chi connectivity index (χ3n) is 1.88. The molecule has 0 radical (unpaired) electrons. The molecule has 0 aliphatic heterocycles. The molecule has 0 amide bonds. The molecule has 0 aromatic heterocycles. The van der Waals surface area contributed by atoms with E-state index in [0.717, 1.165) is 6.61 Å². The maximum Gasteiger partial charge on any atom is -1.00 e. The largest absolute Gasteiger partial charge is 1.00 e. The molecule has 0 bridgehead atoms. The fraction of sp³-hybridized carbons (Fsp3) is 1.00. The normalized spacial score (nSPS) is 9.87. The van der Waals surface area contributed by atoms with E-state index in [-0.39, 0.29) is 44.6 Å². The fourth-order valence-electron chi connectivity index (χ4n) is 1.14. The van der Waals surface area contributed by atoms with Crippen LogP contribution in [0.2, 0.25) is 0 Å². The Morgan fingerprint density at radius 1 is 1.07 bits per heavy atom. The van der Waals surface area contributed by atoms with Crippen LogP contribution in [0.1, 0.15) is 47.5 Å². The van der Waals surface area contributed by atoms with Crippen molar-refractivity contribution in [3.8, 4) is 0 Å². The molecular formula is C10H23Cl2NOTi. The van der Waals surface area contributed by atoms with Crippen molar-refractivity contribution in [2.24, 2.45) is 0 Å². The van der Waals surface area contributed by atoms with E-state index in [2.05, 4.69) is 38.0 Å². The molecule has 2 nitrogen and oxygen atoms in total. The van der Waals surface area contributed by atoms with Gasteiger partial charge in [0.2, 0.25) is 0 Å². The maximum atomic E-state index is 5.71. The second-order valence-corrected chi connectivity index (χ2v) is 5.43. The number of rotatable bonds is 7. The molecule has 0 aliphatic carbocycles. The molecule has 0 aliphatic rings. The van der Waals surface area contributed by atoms with Crippen molar-refractivity contribution in [2.45, 2.75) is 59.5 Å². The molecule has 0 spiro atoms. The van der Waals surface area contributed by atoms with E-state index >= 15 is 0 Å². The maximum absolute atomic E-state index is 5.71. The number of hydrogen-bond acceptors (Lipinski definition) is 2. The first-order valence-corrected chi connectivity index (χ1v) is 6.59. The van der Waals surface area contributed by atoms with E-state index in [1.165, 1.54) is 12.8 Å². The summed E-state index contributed by atoms with van der Waals surface area (Å²) in [6.45, 7) is 12.1. The van der Waals surface area contributed by atoms with Crippen molar-refractivity contribution in [3.05, 3.63) is 0 Å². The molecule has 0 heterocycles. The zero-order chi connectivity index (χ0) is 10.3. The van der Waals surface area contributed by atoms with Gasteiger partial charge in [-0.25, -0.2) is 0 Å². The Bertz CT molecular complexity index is 118. The average Bonchev–Trinajstić information content (AvgIpc) is 2.02. The summed E-state index contributed by atoms with van der Waals surface area (Å²) in [5, 5.41) is 0. The van der Waals surface area contributed by atoms with Crippen LogP contribution in [0.15, 0.2) is 0 Å². The first kappa shape index (κ1) is 21.5. The number of halogens is 2. The number of nitrogens with zero attached hydrogens (tertiary/aromatic N) is 1. The minimum Gasteiger partial charge on any atom is -1.00 e. The molecule has 5 heteroatoms. The van der Waals surface area contributed by atoms with E-state index in [0.29, 0.717) is 12.1 Å². The minimum absolute atomic E-state index is 0. The predicted octanol–water partition coefficient (Wildman–Crippen LogP) is -3.16. The van der Waals surface area contributed by atoms with E-state index in [1.54, 1.807) is 0 Å². The van der Waals surface area contributed by atoms with Crippen LogP contribution in [0, 0.1) is 0 Å². The zero-order valence-corrected chi connectivity index (χ0v) is 13.5. The van der Waals surface area contributed by atoms with Crippen LogP contribution in [-0.4, -0.2) is 22.1 Å². The second-order valence-electron chi connectivity index (χ2n) is 3.89. The van der Waals surface area contributed by atoms with E-state index in [4.69, 9.17) is 3.32 Å². The quantitative estimate of drug-likeness (QED) is 0.363. The summed E-state index contributed by atoms with van der Waals surface area (Å²) >= 11 is -0.334. The molecule has 0 unspecified atom stereocenters. The van der Waals surface area contributed by atoms with Gasteiger partial charge in [-0.1, -0.05) is 0 Å². The van der Waals surface area contributed by atoms with Gasteiger partial charge in [0.15, 0.2) is 0 Å². The monoisotopic (exact) mass is 291 g/mol. The Balaban J connectivity index is -0.000000720. The van der Waals surface area contributed by atoms with Crippen LogP contribution in [-0.2, 0) is 23.1 Å². The van der Waals surface area contributed by atoms with Gasteiger partial charge in [-0.3, -0.25) is 0 Å². The fourth-order valence-corrected chi connectivity index (χ4v) is 2.40. The molecule has 0 rings (SSSR count). The molecule has 0 saturated heterocycles. The van der Waals surface area contributed by atoms with Gasteiger partial charge in [-0.05, 0) is 0 Å². The Morgan fingerprint density at radius 3 is 1.87 bits per heavy atom. The van der Waals surface area contributed by atoms with Crippen LogP contribution < -0.4 is 24.8 Å². The summed E-state index contributed by atoms with van der Waals surface area (Å²) in [5.41, 5.74) is 0. The summed E-state index contributed by atoms with van der Waals surface area (Å²) in [5.74, 6) is 0. The van der Waals surface area contributed by atoms with Gasteiger partial charge in [0, 0.05) is 0 Å². The second kappa shape index (κ2) is 13.3. The summed E-state index contributed by atoms with van der Waals surface area (Å²) < 4.78 is 8.19. The topological polar surface area (TPSA) is 12.5 Å². The Labute approximate surface area is 117 Å². The number of unbranched alkanes of at least 4 members (excludes halogenated alkanes) is 1. The molecule has 0 N–H and O–H groups in total. The molecule has 0 fully saturated rings. The molecule has 15 heavy (non-hydrogen) atoms. The van der Waals surface area contributed by atoms with Crippen LogP contribution in [0.5, 0.6) is 0 Å². The standard InChI is InChI=1S/C6H14N.C4H9O.2ClH.Ti/c1-5(2)7-6(3)4;1-2-3-4-5;;;/h5-6H,1-4H3;2-4H2,1H3;2*1H;/q2*-1;;;+4/p-2. The first-order valence-electron chi connectivity index (χ1n) is 5.25. The van der Waals surface area contributed by atoms with Crippen LogP contribution >= 0.6 is 0 Å². The predicted molar refractivity (Wildman–Crippen MR) is 53.0 cm³/mol. The van der Waals surface area contributed by atoms with Crippen LogP contribution in [0.25, 0.3) is 0 Å². The average molecular weight is 292 g/mol. The summed E-state index contributed by atoms with van der Waals surface area (Å²) in [6.07, 6.45) is 2.43. The summed E-state index contributed by atoms with van der Waals surface area (Å²) in [7, 11) is 0. The van der Waals surface area contributed by atoms with Crippen LogP contribution in [0.3, 0.4) is 0 Å². The molecular weight excluding hydrogens is 269 g/mol. The SMILES string of the molecule is CCCC[O][Ti+2][N](C(C)C)C(C)C.[Cl-].[Cl-]. The van der Waals surface area contributed by atoms with Crippen molar-refractivity contribution in [1.29, 1.82) is 0 Å². The van der Waals surface area contributed by atoms with Gasteiger partial charge in [-0.2, -0.15) is 0 Å². The smallest absolute Gasteiger partial charge is 1.00 e. The minimum atomic E-state index is -0.334. The van der Waals surface area contributed by atoms with Crippen molar-refractivity contribution in [1.82, 2.24) is 3.38 Å². The van der Waals surface area contributed by atoms with Gasteiger partial charge in [0.1, 0.15) is 0 Å².